The molecule has 0 aromatic heterocycles. The number of amides is 1. The summed E-state index contributed by atoms with van der Waals surface area (Å²) in [5, 5.41) is 0. The van der Waals surface area contributed by atoms with Gasteiger partial charge in [0.1, 0.15) is 12.1 Å². The molecule has 0 N–H and O–H groups in total. The van der Waals surface area contributed by atoms with E-state index in [0.29, 0.717) is 18.2 Å². The minimum absolute atomic E-state index is 0.201. The SMILES string of the molecule is CN1CC(=O)Oc2ccc(CCC3CCN(C(=O)OC(C)(C)C)CC3)cc21. The third-order valence-corrected chi connectivity index (χ3v) is 5.13. The number of benzene rings is 1. The number of hydrogen-bond acceptors (Lipinski definition) is 5. The zero-order valence-corrected chi connectivity index (χ0v) is 16.8. The molecule has 2 aliphatic rings. The van der Waals surface area contributed by atoms with Gasteiger partial charge < -0.3 is 19.3 Å². The molecule has 3 rings (SSSR count). The van der Waals surface area contributed by atoms with Crippen molar-refractivity contribution in [3.8, 4) is 5.75 Å². The first-order chi connectivity index (χ1) is 12.7. The lowest BCUT2D eigenvalue weighted by Gasteiger charge is -2.33. The van der Waals surface area contributed by atoms with E-state index in [1.165, 1.54) is 5.56 Å². The maximum atomic E-state index is 12.2. The van der Waals surface area contributed by atoms with Crippen LogP contribution < -0.4 is 9.64 Å². The van der Waals surface area contributed by atoms with Crippen LogP contribution in [-0.4, -0.2) is 49.2 Å². The molecule has 2 aliphatic heterocycles. The van der Waals surface area contributed by atoms with Crippen molar-refractivity contribution >= 4 is 17.7 Å². The van der Waals surface area contributed by atoms with E-state index >= 15 is 0 Å². The number of carbonyl (C=O) groups is 2. The van der Waals surface area contributed by atoms with Crippen molar-refractivity contribution in [1.29, 1.82) is 0 Å². The van der Waals surface area contributed by atoms with Gasteiger partial charge in [-0.05, 0) is 70.1 Å². The predicted octanol–water partition coefficient (Wildman–Crippen LogP) is 3.62. The van der Waals surface area contributed by atoms with Crippen LogP contribution >= 0.6 is 0 Å². The van der Waals surface area contributed by atoms with E-state index in [9.17, 15) is 9.59 Å². The molecule has 1 amide bonds. The Bertz CT molecular complexity index is 703. The third-order valence-electron chi connectivity index (χ3n) is 5.13. The van der Waals surface area contributed by atoms with Crippen LogP contribution in [0, 0.1) is 5.92 Å². The molecule has 1 aromatic carbocycles. The van der Waals surface area contributed by atoms with Crippen LogP contribution in [0.1, 0.15) is 45.6 Å². The van der Waals surface area contributed by atoms with Crippen LogP contribution in [0.4, 0.5) is 10.5 Å². The molecule has 148 valence electrons. The highest BCUT2D eigenvalue weighted by Crippen LogP contribution is 2.33. The van der Waals surface area contributed by atoms with Crippen LogP contribution in [0.3, 0.4) is 0 Å². The molecule has 1 saturated heterocycles. The number of anilines is 1. The molecule has 1 aromatic rings. The first kappa shape index (κ1) is 19.5. The Morgan fingerprint density at radius 1 is 1.26 bits per heavy atom. The Labute approximate surface area is 161 Å². The molecule has 6 nitrogen and oxygen atoms in total. The summed E-state index contributed by atoms with van der Waals surface area (Å²) in [5.41, 5.74) is 1.79. The Hall–Kier alpha value is -2.24. The number of nitrogens with zero attached hydrogens (tertiary/aromatic N) is 2. The number of fused-ring (bicyclic) bond motifs is 1. The first-order valence-corrected chi connectivity index (χ1v) is 9.74. The van der Waals surface area contributed by atoms with Gasteiger partial charge in [0.05, 0.1) is 5.69 Å². The average molecular weight is 374 g/mol. The van der Waals surface area contributed by atoms with Crippen LogP contribution in [0.15, 0.2) is 18.2 Å². The molecule has 0 aliphatic carbocycles. The monoisotopic (exact) mass is 374 g/mol. The largest absolute Gasteiger partial charge is 0.444 e. The number of rotatable bonds is 3. The summed E-state index contributed by atoms with van der Waals surface area (Å²) in [7, 11) is 1.91. The zero-order chi connectivity index (χ0) is 19.6. The number of ether oxygens (including phenoxy) is 2. The predicted molar refractivity (Wildman–Crippen MR) is 104 cm³/mol. The fraction of sp³-hybridized carbons (Fsp3) is 0.619. The number of likely N-dealkylation sites (N-methyl/N-ethyl adjacent to an activating group) is 1. The lowest BCUT2D eigenvalue weighted by Crippen LogP contribution is -2.41. The number of carbonyl (C=O) groups excluding carboxylic acids is 2. The summed E-state index contributed by atoms with van der Waals surface area (Å²) in [6.07, 6.45) is 3.92. The summed E-state index contributed by atoms with van der Waals surface area (Å²) in [6.45, 7) is 7.52. The van der Waals surface area contributed by atoms with Crippen molar-refractivity contribution in [3.05, 3.63) is 23.8 Å². The molecule has 0 unspecified atom stereocenters. The average Bonchev–Trinajstić information content (AvgIpc) is 2.59. The molecule has 1 fully saturated rings. The van der Waals surface area contributed by atoms with Crippen molar-refractivity contribution in [2.24, 2.45) is 5.92 Å². The van der Waals surface area contributed by atoms with Crippen LogP contribution in [0.5, 0.6) is 5.75 Å². The highest BCUT2D eigenvalue weighted by molar-refractivity contribution is 5.84. The Morgan fingerprint density at radius 2 is 1.96 bits per heavy atom. The smallest absolute Gasteiger partial charge is 0.410 e. The van der Waals surface area contributed by atoms with Gasteiger partial charge >= 0.3 is 12.1 Å². The van der Waals surface area contributed by atoms with Crippen LogP contribution in [0.25, 0.3) is 0 Å². The molecule has 0 atom stereocenters. The second-order valence-electron chi connectivity index (χ2n) is 8.58. The molecule has 6 heteroatoms. The van der Waals surface area contributed by atoms with E-state index in [1.54, 1.807) is 0 Å². The molecule has 0 radical (unpaired) electrons. The molecule has 27 heavy (non-hydrogen) atoms. The molecular weight excluding hydrogens is 344 g/mol. The fourth-order valence-corrected chi connectivity index (χ4v) is 3.64. The fourth-order valence-electron chi connectivity index (χ4n) is 3.64. The maximum absolute atomic E-state index is 12.2. The summed E-state index contributed by atoms with van der Waals surface area (Å²) in [6, 6.07) is 6.06. The van der Waals surface area contributed by atoms with E-state index in [1.807, 2.05) is 49.8 Å². The van der Waals surface area contributed by atoms with Gasteiger partial charge in [0.2, 0.25) is 0 Å². The number of hydrogen-bond donors (Lipinski definition) is 0. The van der Waals surface area contributed by atoms with Crippen molar-refractivity contribution < 1.29 is 19.1 Å². The molecule has 0 bridgehead atoms. The first-order valence-electron chi connectivity index (χ1n) is 9.74. The van der Waals surface area contributed by atoms with E-state index < -0.39 is 5.60 Å². The molecule has 2 heterocycles. The van der Waals surface area contributed by atoms with E-state index in [0.717, 1.165) is 44.5 Å². The summed E-state index contributed by atoms with van der Waals surface area (Å²) in [4.78, 5) is 27.4. The quantitative estimate of drug-likeness (QED) is 0.597. The van der Waals surface area contributed by atoms with Crippen LogP contribution in [0.2, 0.25) is 0 Å². The van der Waals surface area contributed by atoms with E-state index in [-0.39, 0.29) is 12.1 Å². The normalized spacial score (nSPS) is 18.1. The van der Waals surface area contributed by atoms with Crippen molar-refractivity contribution in [2.45, 2.75) is 52.1 Å². The van der Waals surface area contributed by atoms with E-state index in [4.69, 9.17) is 9.47 Å². The highest BCUT2D eigenvalue weighted by atomic mass is 16.6. The van der Waals surface area contributed by atoms with Gasteiger partial charge in [-0.15, -0.1) is 0 Å². The van der Waals surface area contributed by atoms with Crippen molar-refractivity contribution in [1.82, 2.24) is 4.90 Å². The van der Waals surface area contributed by atoms with Gasteiger partial charge in [-0.25, -0.2) is 9.59 Å². The minimum atomic E-state index is -0.443. The van der Waals surface area contributed by atoms with Crippen molar-refractivity contribution in [3.63, 3.8) is 0 Å². The summed E-state index contributed by atoms with van der Waals surface area (Å²) >= 11 is 0. The second kappa shape index (κ2) is 7.79. The zero-order valence-electron chi connectivity index (χ0n) is 16.8. The minimum Gasteiger partial charge on any atom is -0.444 e. The standard InChI is InChI=1S/C21H30N2O4/c1-21(2,3)27-20(25)23-11-9-15(10-12-23)5-6-16-7-8-18-17(13-16)22(4)14-19(24)26-18/h7-8,13,15H,5-6,9-12,14H2,1-4H3. The maximum Gasteiger partial charge on any atom is 0.410 e. The summed E-state index contributed by atoms with van der Waals surface area (Å²) in [5.74, 6) is 1.05. The molecule has 0 spiro atoms. The number of esters is 1. The van der Waals surface area contributed by atoms with Gasteiger partial charge in [0, 0.05) is 20.1 Å². The lowest BCUT2D eigenvalue weighted by molar-refractivity contribution is -0.133. The van der Waals surface area contributed by atoms with Gasteiger partial charge in [0.15, 0.2) is 5.75 Å². The number of aryl methyl sites for hydroxylation is 1. The van der Waals surface area contributed by atoms with Gasteiger partial charge in [-0.3, -0.25) is 0 Å². The van der Waals surface area contributed by atoms with Crippen molar-refractivity contribution in [2.75, 3.05) is 31.6 Å². The van der Waals surface area contributed by atoms with Gasteiger partial charge in [-0.1, -0.05) is 6.07 Å². The summed E-state index contributed by atoms with van der Waals surface area (Å²) < 4.78 is 10.7. The highest BCUT2D eigenvalue weighted by Gasteiger charge is 2.27. The second-order valence-corrected chi connectivity index (χ2v) is 8.58. The third kappa shape index (κ3) is 5.15. The molecule has 0 saturated carbocycles. The number of piperidine rings is 1. The Kier molecular flexibility index (Phi) is 5.63. The lowest BCUT2D eigenvalue weighted by atomic mass is 9.90. The number of likely N-dealkylation sites (tertiary alicyclic amines) is 1. The Balaban J connectivity index is 1.49. The van der Waals surface area contributed by atoms with Gasteiger partial charge in [-0.2, -0.15) is 0 Å². The Morgan fingerprint density at radius 3 is 2.63 bits per heavy atom. The topological polar surface area (TPSA) is 59.1 Å². The van der Waals surface area contributed by atoms with Gasteiger partial charge in [0.25, 0.3) is 0 Å². The van der Waals surface area contributed by atoms with Crippen LogP contribution in [-0.2, 0) is 16.0 Å². The molecular formula is C21H30N2O4. The van der Waals surface area contributed by atoms with E-state index in [2.05, 4.69) is 6.07 Å².